The van der Waals surface area contributed by atoms with E-state index in [9.17, 15) is 9.18 Å². The second-order valence-corrected chi connectivity index (χ2v) is 5.65. The van der Waals surface area contributed by atoms with Crippen molar-refractivity contribution >= 4 is 11.7 Å². The Morgan fingerprint density at radius 1 is 1.40 bits per heavy atom. The third kappa shape index (κ3) is 2.77. The molecule has 0 bridgehead atoms. The molecule has 0 aliphatic heterocycles. The third-order valence-electron chi connectivity index (χ3n) is 4.32. The fourth-order valence-corrected chi connectivity index (χ4v) is 2.95. The number of hydrogen-bond donors (Lipinski definition) is 2. The predicted octanol–water partition coefficient (Wildman–Crippen LogP) is 2.81. The summed E-state index contributed by atoms with van der Waals surface area (Å²) in [4.78, 5) is 13.3. The Bertz CT molecular complexity index is 497. The SMILES string of the molecule is CN(C)C1(CNc2c(F)cccc2C(=O)O)CCCC1. The largest absolute Gasteiger partial charge is 0.478 e. The van der Waals surface area contributed by atoms with E-state index in [1.165, 1.54) is 18.2 Å². The number of aromatic carboxylic acids is 1. The number of nitrogens with one attached hydrogen (secondary N) is 1. The van der Waals surface area contributed by atoms with E-state index in [0.717, 1.165) is 25.7 Å². The Labute approximate surface area is 118 Å². The van der Waals surface area contributed by atoms with Crippen LogP contribution in [0.2, 0.25) is 0 Å². The molecule has 0 amide bonds. The second kappa shape index (κ2) is 5.79. The lowest BCUT2D eigenvalue weighted by Gasteiger charge is -2.37. The molecule has 1 aliphatic rings. The molecule has 1 aromatic rings. The van der Waals surface area contributed by atoms with Crippen molar-refractivity contribution in [3.8, 4) is 0 Å². The third-order valence-corrected chi connectivity index (χ3v) is 4.32. The first kappa shape index (κ1) is 14.8. The van der Waals surface area contributed by atoms with Gasteiger partial charge in [0.2, 0.25) is 0 Å². The smallest absolute Gasteiger partial charge is 0.337 e. The van der Waals surface area contributed by atoms with Gasteiger partial charge in [0.1, 0.15) is 5.82 Å². The molecule has 2 N–H and O–H groups in total. The normalized spacial score (nSPS) is 17.4. The van der Waals surface area contributed by atoms with Crippen LogP contribution in [0.5, 0.6) is 0 Å². The van der Waals surface area contributed by atoms with E-state index in [-0.39, 0.29) is 16.8 Å². The highest BCUT2D eigenvalue weighted by molar-refractivity contribution is 5.94. The van der Waals surface area contributed by atoms with Gasteiger partial charge in [-0.1, -0.05) is 18.9 Å². The van der Waals surface area contributed by atoms with Crippen LogP contribution in [0.1, 0.15) is 36.0 Å². The number of benzene rings is 1. The van der Waals surface area contributed by atoms with E-state index >= 15 is 0 Å². The van der Waals surface area contributed by atoms with E-state index in [0.29, 0.717) is 6.54 Å². The highest BCUT2D eigenvalue weighted by Gasteiger charge is 2.36. The summed E-state index contributed by atoms with van der Waals surface area (Å²) in [5.74, 6) is -1.63. The number of hydrogen-bond acceptors (Lipinski definition) is 3. The summed E-state index contributed by atoms with van der Waals surface area (Å²) in [5.41, 5.74) is 0.0583. The standard InChI is InChI=1S/C15H21FN2O2/c1-18(2)15(8-3-4-9-15)10-17-13-11(14(19)20)6-5-7-12(13)16/h5-7,17H,3-4,8-10H2,1-2H3,(H,19,20). The van der Waals surface area contributed by atoms with Gasteiger partial charge >= 0.3 is 5.97 Å². The van der Waals surface area contributed by atoms with Crippen LogP contribution in [-0.2, 0) is 0 Å². The monoisotopic (exact) mass is 280 g/mol. The zero-order valence-electron chi connectivity index (χ0n) is 11.9. The van der Waals surface area contributed by atoms with Crippen LogP contribution in [-0.4, -0.2) is 42.2 Å². The van der Waals surface area contributed by atoms with Crippen molar-refractivity contribution < 1.29 is 14.3 Å². The van der Waals surface area contributed by atoms with Crippen molar-refractivity contribution in [2.45, 2.75) is 31.2 Å². The molecule has 1 aliphatic carbocycles. The van der Waals surface area contributed by atoms with Crippen LogP contribution in [0.4, 0.5) is 10.1 Å². The van der Waals surface area contributed by atoms with Gasteiger partial charge in [-0.25, -0.2) is 9.18 Å². The predicted molar refractivity (Wildman–Crippen MR) is 76.7 cm³/mol. The maximum absolute atomic E-state index is 13.9. The molecule has 0 unspecified atom stereocenters. The summed E-state index contributed by atoms with van der Waals surface area (Å²) < 4.78 is 13.9. The molecule has 5 heteroatoms. The van der Waals surface area contributed by atoms with Crippen molar-refractivity contribution in [3.05, 3.63) is 29.6 Å². The minimum atomic E-state index is -1.11. The summed E-state index contributed by atoms with van der Waals surface area (Å²) >= 11 is 0. The zero-order valence-corrected chi connectivity index (χ0v) is 11.9. The molecule has 20 heavy (non-hydrogen) atoms. The molecule has 0 spiro atoms. The fraction of sp³-hybridized carbons (Fsp3) is 0.533. The molecule has 1 fully saturated rings. The summed E-state index contributed by atoms with van der Waals surface area (Å²) in [6.45, 7) is 0.557. The zero-order chi connectivity index (χ0) is 14.8. The average Bonchev–Trinajstić information content (AvgIpc) is 2.87. The van der Waals surface area contributed by atoms with Crippen molar-refractivity contribution in [3.63, 3.8) is 0 Å². The summed E-state index contributed by atoms with van der Waals surface area (Å²) in [5, 5.41) is 12.2. The molecule has 110 valence electrons. The highest BCUT2D eigenvalue weighted by atomic mass is 19.1. The molecule has 0 radical (unpaired) electrons. The lowest BCUT2D eigenvalue weighted by molar-refractivity contribution is 0.0697. The first-order valence-electron chi connectivity index (χ1n) is 6.89. The van der Waals surface area contributed by atoms with Gasteiger partial charge in [-0.2, -0.15) is 0 Å². The van der Waals surface area contributed by atoms with E-state index in [4.69, 9.17) is 5.11 Å². The van der Waals surface area contributed by atoms with Crippen molar-refractivity contribution in [1.82, 2.24) is 4.90 Å². The number of carboxylic acids is 1. The minimum Gasteiger partial charge on any atom is -0.478 e. The summed E-state index contributed by atoms with van der Waals surface area (Å²) in [7, 11) is 4.04. The van der Waals surface area contributed by atoms with Crippen LogP contribution >= 0.6 is 0 Å². The van der Waals surface area contributed by atoms with Crippen LogP contribution in [0.3, 0.4) is 0 Å². The van der Waals surface area contributed by atoms with Gasteiger partial charge in [0.15, 0.2) is 0 Å². The highest BCUT2D eigenvalue weighted by Crippen LogP contribution is 2.34. The quantitative estimate of drug-likeness (QED) is 0.871. The maximum atomic E-state index is 13.9. The number of anilines is 1. The van der Waals surface area contributed by atoms with Gasteiger partial charge in [0.25, 0.3) is 0 Å². The number of rotatable bonds is 5. The molecule has 1 aromatic carbocycles. The number of carbonyl (C=O) groups is 1. The molecule has 1 saturated carbocycles. The topological polar surface area (TPSA) is 52.6 Å². The molecule has 0 aromatic heterocycles. The molecular formula is C15H21FN2O2. The van der Waals surface area contributed by atoms with Crippen LogP contribution in [0.25, 0.3) is 0 Å². The van der Waals surface area contributed by atoms with Gasteiger partial charge in [-0.15, -0.1) is 0 Å². The Morgan fingerprint density at radius 2 is 2.05 bits per heavy atom. The van der Waals surface area contributed by atoms with Gasteiger partial charge in [0.05, 0.1) is 11.3 Å². The maximum Gasteiger partial charge on any atom is 0.337 e. The lowest BCUT2D eigenvalue weighted by Crippen LogP contribution is -2.47. The van der Waals surface area contributed by atoms with Crippen molar-refractivity contribution in [2.24, 2.45) is 0 Å². The Kier molecular flexibility index (Phi) is 4.28. The van der Waals surface area contributed by atoms with E-state index in [1.54, 1.807) is 0 Å². The Morgan fingerprint density at radius 3 is 2.60 bits per heavy atom. The number of carboxylic acid groups (broad SMARTS) is 1. The molecule has 0 atom stereocenters. The van der Waals surface area contributed by atoms with Gasteiger partial charge in [-0.05, 0) is 39.1 Å². The van der Waals surface area contributed by atoms with E-state index < -0.39 is 11.8 Å². The van der Waals surface area contributed by atoms with Gasteiger partial charge in [0, 0.05) is 12.1 Å². The first-order chi connectivity index (χ1) is 9.46. The number of halogens is 1. The molecular weight excluding hydrogens is 259 g/mol. The first-order valence-corrected chi connectivity index (χ1v) is 6.89. The molecule has 2 rings (SSSR count). The van der Waals surface area contributed by atoms with Crippen LogP contribution < -0.4 is 5.32 Å². The van der Waals surface area contributed by atoms with Crippen LogP contribution in [0.15, 0.2) is 18.2 Å². The molecule has 0 heterocycles. The van der Waals surface area contributed by atoms with Crippen molar-refractivity contribution in [2.75, 3.05) is 26.0 Å². The molecule has 4 nitrogen and oxygen atoms in total. The van der Waals surface area contributed by atoms with Crippen molar-refractivity contribution in [1.29, 1.82) is 0 Å². The Balaban J connectivity index is 2.20. The fourth-order valence-electron chi connectivity index (χ4n) is 2.95. The van der Waals surface area contributed by atoms with E-state index in [2.05, 4.69) is 10.2 Å². The number of nitrogens with zero attached hydrogens (tertiary/aromatic N) is 1. The lowest BCUT2D eigenvalue weighted by atomic mass is 9.95. The second-order valence-electron chi connectivity index (χ2n) is 5.65. The van der Waals surface area contributed by atoms with Gasteiger partial charge < -0.3 is 15.3 Å². The molecule has 0 saturated heterocycles. The summed E-state index contributed by atoms with van der Waals surface area (Å²) in [6, 6.07) is 4.12. The number of likely N-dealkylation sites (N-methyl/N-ethyl adjacent to an activating group) is 1. The number of para-hydroxylation sites is 1. The van der Waals surface area contributed by atoms with E-state index in [1.807, 2.05) is 14.1 Å². The minimum absolute atomic E-state index is 0.0158. The summed E-state index contributed by atoms with van der Waals surface area (Å²) in [6.07, 6.45) is 4.40. The Hall–Kier alpha value is -1.62. The van der Waals surface area contributed by atoms with Crippen LogP contribution in [0, 0.1) is 5.82 Å². The average molecular weight is 280 g/mol. The van der Waals surface area contributed by atoms with Gasteiger partial charge in [-0.3, -0.25) is 0 Å².